The van der Waals surface area contributed by atoms with Crippen LogP contribution >= 0.6 is 39.9 Å². The number of amides is 2. The van der Waals surface area contributed by atoms with E-state index in [9.17, 15) is 9.59 Å². The third-order valence-electron chi connectivity index (χ3n) is 4.45. The number of carbonyl (C=O) groups is 2. The molecule has 0 atom stereocenters. The molecule has 29 heavy (non-hydrogen) atoms. The molecule has 2 aromatic carbocycles. The molecular weight excluding hydrogens is 468 g/mol. The van der Waals surface area contributed by atoms with Crippen molar-refractivity contribution in [1.82, 2.24) is 4.90 Å². The van der Waals surface area contributed by atoms with Gasteiger partial charge in [0.1, 0.15) is 4.32 Å². The lowest BCUT2D eigenvalue weighted by molar-refractivity contribution is -0.122. The number of benzene rings is 2. The number of thiocarbonyl (C=S) groups is 1. The van der Waals surface area contributed by atoms with E-state index in [0.717, 1.165) is 22.1 Å². The fraction of sp³-hybridized carbons (Fsp3) is 0.227. The minimum absolute atomic E-state index is 0.0832. The smallest absolute Gasteiger partial charge is 0.266 e. The molecule has 0 aromatic heterocycles. The van der Waals surface area contributed by atoms with Crippen LogP contribution < -0.4 is 5.32 Å². The second kappa shape index (κ2) is 10.2. The highest BCUT2D eigenvalue weighted by Crippen LogP contribution is 2.32. The molecular formula is C22H21BrN2O2S2. The summed E-state index contributed by atoms with van der Waals surface area (Å²) in [6, 6.07) is 15.6. The average molecular weight is 489 g/mol. The molecule has 2 amide bonds. The van der Waals surface area contributed by atoms with Crippen molar-refractivity contribution in [1.29, 1.82) is 0 Å². The summed E-state index contributed by atoms with van der Waals surface area (Å²) >= 11 is 10.1. The van der Waals surface area contributed by atoms with E-state index < -0.39 is 0 Å². The Morgan fingerprint density at radius 3 is 2.69 bits per heavy atom. The summed E-state index contributed by atoms with van der Waals surface area (Å²) in [5.74, 6) is -0.174. The molecule has 0 unspecified atom stereocenters. The number of thioether (sulfide) groups is 1. The van der Waals surface area contributed by atoms with Crippen LogP contribution in [0.25, 0.3) is 6.08 Å². The molecule has 0 bridgehead atoms. The standard InChI is InChI=1S/C22H21BrN2O2S2/c1-2-15-8-10-16(11-9-15)13-19-21(27)25(22(28)29-19)12-4-7-20(26)24-18-6-3-5-17(23)14-18/h3,5-6,8-11,13-14H,2,4,7,12H2,1H3,(H,24,26). The Hall–Kier alpha value is -1.96. The first kappa shape index (κ1) is 21.7. The number of carbonyl (C=O) groups excluding carboxylic acids is 2. The second-order valence-electron chi connectivity index (χ2n) is 6.59. The summed E-state index contributed by atoms with van der Waals surface area (Å²) in [5.41, 5.74) is 2.99. The molecule has 1 saturated heterocycles. The molecule has 0 aliphatic carbocycles. The van der Waals surface area contributed by atoms with Crippen LogP contribution in [0.3, 0.4) is 0 Å². The van der Waals surface area contributed by atoms with Gasteiger partial charge in [0.25, 0.3) is 5.91 Å². The van der Waals surface area contributed by atoms with E-state index in [-0.39, 0.29) is 11.8 Å². The quantitative estimate of drug-likeness (QED) is 0.405. The predicted octanol–water partition coefficient (Wildman–Crippen LogP) is 5.63. The van der Waals surface area contributed by atoms with E-state index in [4.69, 9.17) is 12.2 Å². The van der Waals surface area contributed by atoms with Gasteiger partial charge in [-0.2, -0.15) is 0 Å². The number of hydrogen-bond acceptors (Lipinski definition) is 4. The van der Waals surface area contributed by atoms with Crippen LogP contribution in [0, 0.1) is 0 Å². The lowest BCUT2D eigenvalue weighted by atomic mass is 10.1. The van der Waals surface area contributed by atoms with E-state index in [1.807, 2.05) is 42.5 Å². The second-order valence-corrected chi connectivity index (χ2v) is 9.18. The first-order valence-electron chi connectivity index (χ1n) is 9.36. The highest BCUT2D eigenvalue weighted by molar-refractivity contribution is 9.10. The summed E-state index contributed by atoms with van der Waals surface area (Å²) in [5, 5.41) is 2.86. The summed E-state index contributed by atoms with van der Waals surface area (Å²) in [6.45, 7) is 2.54. The van der Waals surface area contributed by atoms with Crippen molar-refractivity contribution in [3.8, 4) is 0 Å². The van der Waals surface area contributed by atoms with Gasteiger partial charge < -0.3 is 5.32 Å². The van der Waals surface area contributed by atoms with Crippen LogP contribution in [0.4, 0.5) is 5.69 Å². The first-order valence-corrected chi connectivity index (χ1v) is 11.4. The van der Waals surface area contributed by atoms with E-state index in [0.29, 0.717) is 28.6 Å². The Balaban J connectivity index is 1.53. The molecule has 4 nitrogen and oxygen atoms in total. The van der Waals surface area contributed by atoms with Crippen LogP contribution in [0.15, 0.2) is 57.9 Å². The zero-order chi connectivity index (χ0) is 20.8. The number of rotatable bonds is 7. The zero-order valence-corrected chi connectivity index (χ0v) is 19.2. The highest BCUT2D eigenvalue weighted by Gasteiger charge is 2.31. The predicted molar refractivity (Wildman–Crippen MR) is 128 cm³/mol. The van der Waals surface area contributed by atoms with Gasteiger partial charge in [-0.15, -0.1) is 0 Å². The number of aryl methyl sites for hydroxylation is 1. The number of anilines is 1. The molecule has 1 fully saturated rings. The maximum absolute atomic E-state index is 12.7. The summed E-state index contributed by atoms with van der Waals surface area (Å²) < 4.78 is 1.45. The van der Waals surface area contributed by atoms with Crippen LogP contribution in [-0.4, -0.2) is 27.6 Å². The highest BCUT2D eigenvalue weighted by atomic mass is 79.9. The van der Waals surface area contributed by atoms with Gasteiger partial charge in [-0.3, -0.25) is 14.5 Å². The van der Waals surface area contributed by atoms with Crippen molar-refractivity contribution in [2.45, 2.75) is 26.2 Å². The first-order chi connectivity index (χ1) is 14.0. The Bertz CT molecular complexity index is 958. The minimum atomic E-state index is -0.0908. The molecule has 7 heteroatoms. The molecule has 0 radical (unpaired) electrons. The maximum atomic E-state index is 12.7. The monoisotopic (exact) mass is 488 g/mol. The number of hydrogen-bond donors (Lipinski definition) is 1. The topological polar surface area (TPSA) is 49.4 Å². The average Bonchev–Trinajstić information content (AvgIpc) is 2.96. The van der Waals surface area contributed by atoms with Crippen molar-refractivity contribution in [3.63, 3.8) is 0 Å². The van der Waals surface area contributed by atoms with Gasteiger partial charge in [0, 0.05) is 23.1 Å². The van der Waals surface area contributed by atoms with Crippen LogP contribution in [0.1, 0.15) is 30.9 Å². The SMILES string of the molecule is CCc1ccc(C=C2SC(=S)N(CCCC(=O)Nc3cccc(Br)c3)C2=O)cc1. The van der Waals surface area contributed by atoms with Gasteiger partial charge in [0.15, 0.2) is 0 Å². The maximum Gasteiger partial charge on any atom is 0.266 e. The fourth-order valence-corrected chi connectivity index (χ4v) is 4.59. The van der Waals surface area contributed by atoms with Gasteiger partial charge in [-0.05, 0) is 48.2 Å². The minimum Gasteiger partial charge on any atom is -0.326 e. The van der Waals surface area contributed by atoms with E-state index >= 15 is 0 Å². The van der Waals surface area contributed by atoms with Gasteiger partial charge in [-0.1, -0.05) is 77.2 Å². The Morgan fingerprint density at radius 1 is 1.24 bits per heavy atom. The Labute approximate surface area is 188 Å². The molecule has 0 spiro atoms. The van der Waals surface area contributed by atoms with Gasteiger partial charge in [-0.25, -0.2) is 0 Å². The van der Waals surface area contributed by atoms with Crippen molar-refractivity contribution in [3.05, 3.63) is 69.0 Å². The summed E-state index contributed by atoms with van der Waals surface area (Å²) in [4.78, 5) is 27.0. The Kier molecular flexibility index (Phi) is 7.64. The molecule has 3 rings (SSSR count). The van der Waals surface area contributed by atoms with Crippen molar-refractivity contribution in [2.24, 2.45) is 0 Å². The lowest BCUT2D eigenvalue weighted by Crippen LogP contribution is -2.29. The summed E-state index contributed by atoms with van der Waals surface area (Å²) in [7, 11) is 0. The van der Waals surface area contributed by atoms with Crippen molar-refractivity contribution >= 4 is 67.8 Å². The summed E-state index contributed by atoms with van der Waals surface area (Å²) in [6.07, 6.45) is 3.72. The number of nitrogens with zero attached hydrogens (tertiary/aromatic N) is 1. The van der Waals surface area contributed by atoms with Gasteiger partial charge in [0.2, 0.25) is 5.91 Å². The van der Waals surface area contributed by atoms with Crippen molar-refractivity contribution in [2.75, 3.05) is 11.9 Å². The largest absolute Gasteiger partial charge is 0.326 e. The molecule has 150 valence electrons. The van der Waals surface area contributed by atoms with Gasteiger partial charge in [0.05, 0.1) is 4.91 Å². The van der Waals surface area contributed by atoms with E-state index in [2.05, 4.69) is 40.3 Å². The van der Waals surface area contributed by atoms with Gasteiger partial charge >= 0.3 is 0 Å². The molecule has 1 aliphatic heterocycles. The third kappa shape index (κ3) is 6.01. The lowest BCUT2D eigenvalue weighted by Gasteiger charge is -2.14. The molecule has 0 saturated carbocycles. The Morgan fingerprint density at radius 2 is 2.00 bits per heavy atom. The zero-order valence-electron chi connectivity index (χ0n) is 16.0. The van der Waals surface area contributed by atoms with Crippen LogP contribution in [0.2, 0.25) is 0 Å². The molecule has 2 aromatic rings. The normalized spacial score (nSPS) is 15.2. The van der Waals surface area contributed by atoms with Crippen LogP contribution in [0.5, 0.6) is 0 Å². The molecule has 1 N–H and O–H groups in total. The number of halogens is 1. The molecule has 1 heterocycles. The van der Waals surface area contributed by atoms with E-state index in [1.54, 1.807) is 4.90 Å². The fourth-order valence-electron chi connectivity index (χ4n) is 2.88. The number of nitrogens with one attached hydrogen (secondary N) is 1. The van der Waals surface area contributed by atoms with Crippen LogP contribution in [-0.2, 0) is 16.0 Å². The van der Waals surface area contributed by atoms with E-state index in [1.165, 1.54) is 17.3 Å². The molecule has 1 aliphatic rings. The third-order valence-corrected chi connectivity index (χ3v) is 6.32. The van der Waals surface area contributed by atoms with Crippen molar-refractivity contribution < 1.29 is 9.59 Å².